The van der Waals surface area contributed by atoms with Gasteiger partial charge in [-0.05, 0) is 47.2 Å². The van der Waals surface area contributed by atoms with Crippen LogP contribution in [0, 0.1) is 28.4 Å². The van der Waals surface area contributed by atoms with E-state index < -0.39 is 5.82 Å². The number of amides is 1. The largest absolute Gasteiger partial charge is 0.367 e. The maximum Gasteiger partial charge on any atom is 0.225 e. The molecular formula is C22H23F2N3O. The van der Waals surface area contributed by atoms with E-state index in [2.05, 4.69) is 5.32 Å². The second-order valence-corrected chi connectivity index (χ2v) is 8.33. The lowest BCUT2D eigenvalue weighted by atomic mass is 9.92. The van der Waals surface area contributed by atoms with Crippen LogP contribution in [0.25, 0.3) is 0 Å². The monoisotopic (exact) mass is 383 g/mol. The molecule has 1 aliphatic heterocycles. The van der Waals surface area contributed by atoms with Gasteiger partial charge in [0.25, 0.3) is 0 Å². The molecule has 0 atom stereocenters. The fourth-order valence-electron chi connectivity index (χ4n) is 3.40. The number of nitriles is 1. The van der Waals surface area contributed by atoms with Gasteiger partial charge in [0.05, 0.1) is 11.3 Å². The van der Waals surface area contributed by atoms with Crippen LogP contribution in [0.15, 0.2) is 30.3 Å². The Morgan fingerprint density at radius 2 is 1.96 bits per heavy atom. The van der Waals surface area contributed by atoms with Crippen LogP contribution in [-0.2, 0) is 17.8 Å². The summed E-state index contributed by atoms with van der Waals surface area (Å²) >= 11 is 0. The number of anilines is 2. The van der Waals surface area contributed by atoms with Crippen LogP contribution in [0.2, 0.25) is 0 Å². The highest BCUT2D eigenvalue weighted by Gasteiger charge is 2.22. The molecule has 2 aromatic rings. The summed E-state index contributed by atoms with van der Waals surface area (Å²) in [5, 5.41) is 12.0. The van der Waals surface area contributed by atoms with Crippen LogP contribution >= 0.6 is 0 Å². The van der Waals surface area contributed by atoms with E-state index in [4.69, 9.17) is 0 Å². The van der Waals surface area contributed by atoms with Crippen molar-refractivity contribution in [2.24, 2.45) is 5.41 Å². The van der Waals surface area contributed by atoms with Crippen LogP contribution in [-0.4, -0.2) is 12.5 Å². The van der Waals surface area contributed by atoms with Crippen molar-refractivity contribution in [2.45, 2.75) is 40.2 Å². The Labute approximate surface area is 163 Å². The zero-order chi connectivity index (χ0) is 20.5. The van der Waals surface area contributed by atoms with Crippen LogP contribution in [0.3, 0.4) is 0 Å². The molecule has 0 saturated carbocycles. The lowest BCUT2D eigenvalue weighted by Crippen LogP contribution is -2.30. The smallest absolute Gasteiger partial charge is 0.225 e. The molecule has 0 spiro atoms. The standard InChI is InChI=1S/C22H23F2N3O/c1-22(2,3)11-20(28)26-21-16(12-25)9-18(10-19(21)24)27-7-6-14-8-17(23)5-4-15(14)13-27/h4-5,8-10H,6-7,11,13H2,1-3H3,(H,26,28). The SMILES string of the molecule is CC(C)(C)CC(=O)Nc1c(F)cc(N2CCc3cc(F)ccc3C2)cc1C#N. The minimum atomic E-state index is -0.638. The van der Waals surface area contributed by atoms with Crippen molar-refractivity contribution in [1.29, 1.82) is 5.26 Å². The Morgan fingerprint density at radius 3 is 2.64 bits per heavy atom. The number of carbonyl (C=O) groups is 1. The molecule has 146 valence electrons. The Hall–Kier alpha value is -2.94. The molecule has 6 heteroatoms. The molecule has 1 N–H and O–H groups in total. The first-order valence-corrected chi connectivity index (χ1v) is 9.22. The van der Waals surface area contributed by atoms with Gasteiger partial charge in [-0.25, -0.2) is 8.78 Å². The van der Waals surface area contributed by atoms with Gasteiger partial charge in [0.2, 0.25) is 5.91 Å². The van der Waals surface area contributed by atoms with E-state index >= 15 is 0 Å². The zero-order valence-corrected chi connectivity index (χ0v) is 16.3. The van der Waals surface area contributed by atoms with Gasteiger partial charge in [0.15, 0.2) is 0 Å². The van der Waals surface area contributed by atoms with E-state index in [1.165, 1.54) is 18.2 Å². The second-order valence-electron chi connectivity index (χ2n) is 8.33. The first-order chi connectivity index (χ1) is 13.2. The Morgan fingerprint density at radius 1 is 1.21 bits per heavy atom. The van der Waals surface area contributed by atoms with Gasteiger partial charge in [0, 0.05) is 25.2 Å². The molecule has 4 nitrogen and oxygen atoms in total. The van der Waals surface area contributed by atoms with E-state index in [-0.39, 0.29) is 34.8 Å². The predicted molar refractivity (Wildman–Crippen MR) is 105 cm³/mol. The predicted octanol–water partition coefficient (Wildman–Crippen LogP) is 4.77. The van der Waals surface area contributed by atoms with Crippen molar-refractivity contribution in [3.8, 4) is 6.07 Å². The third-order valence-corrected chi connectivity index (χ3v) is 4.70. The van der Waals surface area contributed by atoms with Gasteiger partial charge in [0.1, 0.15) is 17.7 Å². The molecule has 0 unspecified atom stereocenters. The van der Waals surface area contributed by atoms with Gasteiger partial charge < -0.3 is 10.2 Å². The molecule has 0 saturated heterocycles. The van der Waals surface area contributed by atoms with Gasteiger partial charge in [-0.1, -0.05) is 26.8 Å². The maximum atomic E-state index is 14.8. The summed E-state index contributed by atoms with van der Waals surface area (Å²) in [6.07, 6.45) is 0.860. The minimum absolute atomic E-state index is 0.0834. The number of rotatable bonds is 3. The van der Waals surface area contributed by atoms with E-state index in [0.717, 1.165) is 11.1 Å². The number of fused-ring (bicyclic) bond motifs is 1. The normalized spacial score (nSPS) is 13.6. The fourth-order valence-corrected chi connectivity index (χ4v) is 3.40. The minimum Gasteiger partial charge on any atom is -0.367 e. The summed E-state index contributed by atoms with van der Waals surface area (Å²) in [5.41, 5.74) is 2.26. The van der Waals surface area contributed by atoms with Crippen molar-refractivity contribution < 1.29 is 13.6 Å². The Balaban J connectivity index is 1.85. The number of halogens is 2. The molecular weight excluding hydrogens is 360 g/mol. The zero-order valence-electron chi connectivity index (χ0n) is 16.3. The average molecular weight is 383 g/mol. The van der Waals surface area contributed by atoms with Crippen molar-refractivity contribution >= 4 is 17.3 Å². The van der Waals surface area contributed by atoms with Crippen LogP contribution < -0.4 is 10.2 Å². The highest BCUT2D eigenvalue weighted by atomic mass is 19.1. The number of carbonyl (C=O) groups excluding carboxylic acids is 1. The molecule has 0 fully saturated rings. The summed E-state index contributed by atoms with van der Waals surface area (Å²) in [4.78, 5) is 14.1. The van der Waals surface area contributed by atoms with Crippen LogP contribution in [0.5, 0.6) is 0 Å². The molecule has 1 aliphatic rings. The molecule has 0 aliphatic carbocycles. The van der Waals surface area contributed by atoms with E-state index in [1.54, 1.807) is 12.1 Å². The second kappa shape index (κ2) is 7.59. The lowest BCUT2D eigenvalue weighted by molar-refractivity contribution is -0.117. The number of hydrogen-bond acceptors (Lipinski definition) is 3. The summed E-state index contributed by atoms with van der Waals surface area (Å²) in [6.45, 7) is 6.85. The van der Waals surface area contributed by atoms with Crippen molar-refractivity contribution in [3.63, 3.8) is 0 Å². The van der Waals surface area contributed by atoms with E-state index in [0.29, 0.717) is 25.2 Å². The molecule has 0 bridgehead atoms. The van der Waals surface area contributed by atoms with E-state index in [9.17, 15) is 18.8 Å². The average Bonchev–Trinajstić information content (AvgIpc) is 2.61. The van der Waals surface area contributed by atoms with Gasteiger partial charge in [-0.15, -0.1) is 0 Å². The Bertz CT molecular complexity index is 957. The molecule has 28 heavy (non-hydrogen) atoms. The van der Waals surface area contributed by atoms with Crippen LogP contribution in [0.4, 0.5) is 20.2 Å². The number of hydrogen-bond donors (Lipinski definition) is 1. The highest BCUT2D eigenvalue weighted by molar-refractivity contribution is 5.93. The highest BCUT2D eigenvalue weighted by Crippen LogP contribution is 2.31. The summed E-state index contributed by atoms with van der Waals surface area (Å²) in [6, 6.07) is 9.58. The molecule has 3 rings (SSSR count). The topological polar surface area (TPSA) is 56.1 Å². The first kappa shape index (κ1) is 19.8. The third-order valence-electron chi connectivity index (χ3n) is 4.70. The van der Waals surface area contributed by atoms with Gasteiger partial charge in [-0.2, -0.15) is 5.26 Å². The molecule has 0 aromatic heterocycles. The summed E-state index contributed by atoms with van der Waals surface area (Å²) in [5.74, 6) is -1.23. The fraction of sp³-hybridized carbons (Fsp3) is 0.364. The Kier molecular flexibility index (Phi) is 5.37. The number of nitrogens with zero attached hydrogens (tertiary/aromatic N) is 2. The maximum absolute atomic E-state index is 14.8. The van der Waals surface area contributed by atoms with Gasteiger partial charge in [-0.3, -0.25) is 4.79 Å². The summed E-state index contributed by atoms with van der Waals surface area (Å²) in [7, 11) is 0. The van der Waals surface area contributed by atoms with Crippen LogP contribution in [0.1, 0.15) is 43.9 Å². The van der Waals surface area contributed by atoms with Crippen molar-refractivity contribution in [1.82, 2.24) is 0 Å². The quantitative estimate of drug-likeness (QED) is 0.830. The van der Waals surface area contributed by atoms with Gasteiger partial charge >= 0.3 is 0 Å². The summed E-state index contributed by atoms with van der Waals surface area (Å²) < 4.78 is 28.1. The van der Waals surface area contributed by atoms with Crippen molar-refractivity contribution in [2.75, 3.05) is 16.8 Å². The molecule has 1 heterocycles. The number of benzene rings is 2. The third kappa shape index (κ3) is 4.48. The molecule has 0 radical (unpaired) electrons. The lowest BCUT2D eigenvalue weighted by Gasteiger charge is -2.31. The van der Waals surface area contributed by atoms with E-state index in [1.807, 2.05) is 31.7 Å². The number of nitrogens with one attached hydrogen (secondary N) is 1. The van der Waals surface area contributed by atoms with Crippen molar-refractivity contribution in [3.05, 3.63) is 58.7 Å². The molecule has 1 amide bonds. The first-order valence-electron chi connectivity index (χ1n) is 9.22. The molecule has 2 aromatic carbocycles.